The van der Waals surface area contributed by atoms with Crippen LogP contribution in [0.25, 0.3) is 0 Å². The van der Waals surface area contributed by atoms with Gasteiger partial charge in [0.15, 0.2) is 0 Å². The Morgan fingerprint density at radius 3 is 2.80 bits per heavy atom. The van der Waals surface area contributed by atoms with Gasteiger partial charge in [0.05, 0.1) is 0 Å². The topological polar surface area (TPSA) is 18.5 Å². The zero-order chi connectivity index (χ0) is 10.5. The van der Waals surface area contributed by atoms with E-state index in [1.165, 1.54) is 20.9 Å². The zero-order valence-corrected chi connectivity index (χ0v) is 11.3. The number of benzene rings is 1. The second-order valence-corrected chi connectivity index (χ2v) is 6.74. The molecule has 0 aliphatic carbocycles. The summed E-state index contributed by atoms with van der Waals surface area (Å²) >= 11 is -0.0650. The first-order chi connectivity index (χ1) is 7.38. The summed E-state index contributed by atoms with van der Waals surface area (Å²) in [6.45, 7) is 0.972. The van der Waals surface area contributed by atoms with Crippen LogP contribution >= 0.6 is 0 Å². The van der Waals surface area contributed by atoms with Crippen LogP contribution in [0, 0.1) is 0 Å². The summed E-state index contributed by atoms with van der Waals surface area (Å²) in [5, 5.41) is 0. The molecule has 1 atom stereocenters. The van der Waals surface area contributed by atoms with Gasteiger partial charge >= 0.3 is 101 Å². The summed E-state index contributed by atoms with van der Waals surface area (Å²) in [5.74, 6) is 0.948. The van der Waals surface area contributed by atoms with Crippen molar-refractivity contribution in [1.29, 1.82) is 0 Å². The van der Waals surface area contributed by atoms with Gasteiger partial charge in [-0.2, -0.15) is 0 Å². The molecule has 2 rings (SSSR count). The van der Waals surface area contributed by atoms with Crippen molar-refractivity contribution >= 4 is 24.5 Å². The summed E-state index contributed by atoms with van der Waals surface area (Å²) in [4.78, 5) is 0. The first-order valence-electron chi connectivity index (χ1n) is 5.27. The Morgan fingerprint density at radius 1 is 1.40 bits per heavy atom. The maximum atomic E-state index is 5.63. The predicted molar refractivity (Wildman–Crippen MR) is 62.2 cm³/mol. The average Bonchev–Trinajstić information content (AvgIpc) is 2.80. The van der Waals surface area contributed by atoms with Crippen LogP contribution in [0.3, 0.4) is 0 Å². The van der Waals surface area contributed by atoms with Crippen molar-refractivity contribution in [2.75, 3.05) is 13.7 Å². The summed E-state index contributed by atoms with van der Waals surface area (Å²) in [7, 11) is 1.71. The predicted octanol–water partition coefficient (Wildman–Crippen LogP) is 1.62. The second-order valence-electron chi connectivity index (χ2n) is 3.62. The molecular formula is C12H16O2Te. The van der Waals surface area contributed by atoms with Crippen LogP contribution in [0.5, 0.6) is 5.75 Å². The number of hydrogen-bond acceptors (Lipinski definition) is 2. The molecule has 0 aromatic heterocycles. The van der Waals surface area contributed by atoms with E-state index < -0.39 is 0 Å². The molecule has 1 aliphatic heterocycles. The third kappa shape index (κ3) is 3.38. The third-order valence-corrected chi connectivity index (χ3v) is 5.78. The minimum absolute atomic E-state index is 0.0650. The van der Waals surface area contributed by atoms with Crippen molar-refractivity contribution in [2.24, 2.45) is 0 Å². The fourth-order valence-electron chi connectivity index (χ4n) is 1.64. The van der Waals surface area contributed by atoms with Gasteiger partial charge in [-0.3, -0.25) is 0 Å². The third-order valence-electron chi connectivity index (χ3n) is 2.52. The summed E-state index contributed by atoms with van der Waals surface area (Å²) in [6.07, 6.45) is 3.07. The van der Waals surface area contributed by atoms with E-state index in [9.17, 15) is 0 Å². The molecule has 1 aromatic rings. The van der Waals surface area contributed by atoms with Crippen molar-refractivity contribution < 1.29 is 9.47 Å². The molecule has 0 N–H and O–H groups in total. The van der Waals surface area contributed by atoms with Gasteiger partial charge < -0.3 is 0 Å². The number of ether oxygens (including phenoxy) is 2. The maximum absolute atomic E-state index is 5.63. The van der Waals surface area contributed by atoms with E-state index in [1.54, 1.807) is 7.11 Å². The number of hydrogen-bond donors (Lipinski definition) is 0. The molecule has 0 bridgehead atoms. The van der Waals surface area contributed by atoms with E-state index in [0.29, 0.717) is 6.10 Å². The van der Waals surface area contributed by atoms with Gasteiger partial charge in [-0.1, -0.05) is 0 Å². The molecular weight excluding hydrogens is 304 g/mol. The molecule has 1 fully saturated rings. The Kier molecular flexibility index (Phi) is 4.31. The Labute approximate surface area is 101 Å². The van der Waals surface area contributed by atoms with Gasteiger partial charge in [-0.15, -0.1) is 0 Å². The van der Waals surface area contributed by atoms with E-state index >= 15 is 0 Å². The van der Waals surface area contributed by atoms with E-state index in [0.717, 1.165) is 12.4 Å². The quantitative estimate of drug-likeness (QED) is 0.785. The molecule has 0 radical (unpaired) electrons. The van der Waals surface area contributed by atoms with Crippen LogP contribution < -0.4 is 8.35 Å². The monoisotopic (exact) mass is 322 g/mol. The molecule has 15 heavy (non-hydrogen) atoms. The standard InChI is InChI=1S/C12H16O2Te/c1-13-10-4-6-12(7-5-10)15-9-11-3-2-8-14-11/h4-7,11H,2-3,8-9H2,1H3. The fraction of sp³-hybridized carbons (Fsp3) is 0.500. The van der Waals surface area contributed by atoms with Gasteiger partial charge in [0.25, 0.3) is 0 Å². The average molecular weight is 320 g/mol. The molecule has 1 heterocycles. The van der Waals surface area contributed by atoms with E-state index in [4.69, 9.17) is 9.47 Å². The van der Waals surface area contributed by atoms with Gasteiger partial charge in [0.2, 0.25) is 0 Å². The van der Waals surface area contributed by atoms with Crippen LogP contribution in [0.2, 0.25) is 4.47 Å². The van der Waals surface area contributed by atoms with Gasteiger partial charge in [-0.05, 0) is 0 Å². The molecule has 2 nitrogen and oxygen atoms in total. The summed E-state index contributed by atoms with van der Waals surface area (Å²) in [5.41, 5.74) is 0. The van der Waals surface area contributed by atoms with Crippen molar-refractivity contribution in [1.82, 2.24) is 0 Å². The van der Waals surface area contributed by atoms with Crippen molar-refractivity contribution in [3.05, 3.63) is 24.3 Å². The Hall–Kier alpha value is -0.230. The molecule has 3 heteroatoms. The van der Waals surface area contributed by atoms with E-state index in [-0.39, 0.29) is 20.9 Å². The van der Waals surface area contributed by atoms with Crippen LogP contribution in [-0.4, -0.2) is 40.7 Å². The molecule has 0 spiro atoms. The van der Waals surface area contributed by atoms with Crippen molar-refractivity contribution in [2.45, 2.75) is 23.4 Å². The molecule has 1 saturated heterocycles. The zero-order valence-electron chi connectivity index (χ0n) is 8.94. The SMILES string of the molecule is COc1ccc([Te]CC2CCCO2)cc1. The Morgan fingerprint density at radius 2 is 2.20 bits per heavy atom. The molecule has 0 amide bonds. The van der Waals surface area contributed by atoms with Crippen molar-refractivity contribution in [3.8, 4) is 5.75 Å². The number of rotatable bonds is 4. The van der Waals surface area contributed by atoms with Gasteiger partial charge in [-0.25, -0.2) is 0 Å². The second kappa shape index (κ2) is 5.74. The van der Waals surface area contributed by atoms with Crippen molar-refractivity contribution in [3.63, 3.8) is 0 Å². The first-order valence-corrected chi connectivity index (χ1v) is 8.08. The number of methoxy groups -OCH3 is 1. The van der Waals surface area contributed by atoms with Crippen LogP contribution in [0.4, 0.5) is 0 Å². The van der Waals surface area contributed by atoms with Gasteiger partial charge in [0.1, 0.15) is 0 Å². The Bertz CT molecular complexity index is 291. The molecule has 0 saturated carbocycles. The van der Waals surface area contributed by atoms with Crippen LogP contribution in [0.1, 0.15) is 12.8 Å². The Balaban J connectivity index is 1.82. The van der Waals surface area contributed by atoms with Crippen LogP contribution in [-0.2, 0) is 4.74 Å². The summed E-state index contributed by atoms with van der Waals surface area (Å²) in [6, 6.07) is 8.48. The van der Waals surface area contributed by atoms with Gasteiger partial charge in [0, 0.05) is 0 Å². The van der Waals surface area contributed by atoms with Crippen LogP contribution in [0.15, 0.2) is 24.3 Å². The minimum atomic E-state index is -0.0650. The van der Waals surface area contributed by atoms with E-state index in [2.05, 4.69) is 24.3 Å². The summed E-state index contributed by atoms with van der Waals surface area (Å²) < 4.78 is 13.5. The first kappa shape index (κ1) is 11.3. The normalized spacial score (nSPS) is 20.5. The van der Waals surface area contributed by atoms with E-state index in [1.807, 2.05) is 0 Å². The fourth-order valence-corrected chi connectivity index (χ4v) is 4.40. The molecule has 1 aromatic carbocycles. The molecule has 1 aliphatic rings. The molecule has 1 unspecified atom stereocenters. The molecule has 82 valence electrons.